The number of methoxy groups -OCH3 is 1. The first-order valence-corrected chi connectivity index (χ1v) is 11.6. The molecule has 3 fully saturated rings. The van der Waals surface area contributed by atoms with Gasteiger partial charge in [-0.05, 0) is 48.6 Å². The van der Waals surface area contributed by atoms with E-state index in [1.54, 1.807) is 24.3 Å². The second-order valence-electron chi connectivity index (χ2n) is 10.1. The summed E-state index contributed by atoms with van der Waals surface area (Å²) in [7, 11) is 1.31. The van der Waals surface area contributed by atoms with Crippen LogP contribution in [0.2, 0.25) is 0 Å². The molecule has 5 unspecified atom stereocenters. The number of esters is 2. The van der Waals surface area contributed by atoms with Crippen LogP contribution in [-0.2, 0) is 19.1 Å². The minimum absolute atomic E-state index is 0.0987. The second kappa shape index (κ2) is 7.55. The van der Waals surface area contributed by atoms with Gasteiger partial charge in [0.25, 0.3) is 0 Å². The molecule has 2 bridgehead atoms. The van der Waals surface area contributed by atoms with Gasteiger partial charge in [-0.2, -0.15) is 0 Å². The van der Waals surface area contributed by atoms with Gasteiger partial charge in [-0.3, -0.25) is 9.59 Å². The third kappa shape index (κ3) is 2.71. The fraction of sp³-hybridized carbons (Fsp3) is 0.577. The molecule has 4 aliphatic rings. The first kappa shape index (κ1) is 21.4. The van der Waals surface area contributed by atoms with E-state index >= 15 is 0 Å². The normalized spacial score (nSPS) is 44.0. The zero-order chi connectivity index (χ0) is 22.8. The lowest BCUT2D eigenvalue weighted by atomic mass is 9.46. The topological polar surface area (TPSA) is 89.9 Å². The third-order valence-electron chi connectivity index (χ3n) is 8.77. The monoisotopic (exact) mass is 438 g/mol. The summed E-state index contributed by atoms with van der Waals surface area (Å²) in [5.41, 5.74) is -0.976. The molecule has 1 aromatic carbocycles. The van der Waals surface area contributed by atoms with Crippen LogP contribution >= 0.6 is 0 Å². The van der Waals surface area contributed by atoms with Crippen LogP contribution in [0.25, 0.3) is 0 Å². The van der Waals surface area contributed by atoms with E-state index in [0.717, 1.165) is 6.42 Å². The highest BCUT2D eigenvalue weighted by atomic mass is 16.5. The Labute approximate surface area is 188 Å². The quantitative estimate of drug-likeness (QED) is 0.443. The average Bonchev–Trinajstić information content (AvgIpc) is 3.36. The summed E-state index contributed by atoms with van der Waals surface area (Å²) in [5.74, 6) is -2.98. The van der Waals surface area contributed by atoms with Crippen LogP contribution in [0.5, 0.6) is 0 Å². The Kier molecular flexibility index (Phi) is 5.04. The Morgan fingerprint density at radius 2 is 1.81 bits per heavy atom. The zero-order valence-electron chi connectivity index (χ0n) is 18.6. The van der Waals surface area contributed by atoms with Crippen molar-refractivity contribution >= 4 is 17.7 Å². The molecule has 6 heteroatoms. The molecule has 1 N–H and O–H groups in total. The first-order chi connectivity index (χ1) is 15.3. The SMILES string of the molecule is COC(=O)[C@]12C(=O)C3C(C(OC(=O)c4ccccc4)[C@@H]1C(C)C=CC2C)[C@@H]1C[C@@H](O)[C@H]3C1. The van der Waals surface area contributed by atoms with Gasteiger partial charge < -0.3 is 14.6 Å². The van der Waals surface area contributed by atoms with E-state index in [4.69, 9.17) is 9.47 Å². The minimum Gasteiger partial charge on any atom is -0.468 e. The summed E-state index contributed by atoms with van der Waals surface area (Å²) < 4.78 is 11.5. The molecule has 170 valence electrons. The highest BCUT2D eigenvalue weighted by Gasteiger charge is 2.73. The van der Waals surface area contributed by atoms with Gasteiger partial charge in [0, 0.05) is 17.8 Å². The van der Waals surface area contributed by atoms with Crippen molar-refractivity contribution in [3.8, 4) is 0 Å². The van der Waals surface area contributed by atoms with E-state index in [2.05, 4.69) is 0 Å². The highest BCUT2D eigenvalue weighted by molar-refractivity contribution is 6.07. The van der Waals surface area contributed by atoms with Crippen molar-refractivity contribution in [3.63, 3.8) is 0 Å². The Morgan fingerprint density at radius 1 is 1.09 bits per heavy atom. The minimum atomic E-state index is -1.42. The van der Waals surface area contributed by atoms with Crippen LogP contribution in [0.4, 0.5) is 0 Å². The van der Waals surface area contributed by atoms with E-state index in [9.17, 15) is 19.5 Å². The van der Waals surface area contributed by atoms with Crippen molar-refractivity contribution in [2.24, 2.45) is 46.8 Å². The summed E-state index contributed by atoms with van der Waals surface area (Å²) in [6.07, 6.45) is 4.10. The van der Waals surface area contributed by atoms with E-state index < -0.39 is 47.3 Å². The summed E-state index contributed by atoms with van der Waals surface area (Å²) in [6.45, 7) is 3.84. The first-order valence-electron chi connectivity index (χ1n) is 11.6. The van der Waals surface area contributed by atoms with Crippen molar-refractivity contribution in [2.45, 2.75) is 38.9 Å². The lowest BCUT2D eigenvalue weighted by molar-refractivity contribution is -0.193. The summed E-state index contributed by atoms with van der Waals surface area (Å²) in [5, 5.41) is 10.6. The molecule has 0 spiro atoms. The lowest BCUT2D eigenvalue weighted by Crippen LogP contribution is -2.67. The van der Waals surface area contributed by atoms with E-state index in [1.807, 2.05) is 32.1 Å². The number of Topliss-reactive ketones (excluding diaryl/α,β-unsaturated/α-hetero) is 1. The second-order valence-corrected chi connectivity index (χ2v) is 10.1. The molecule has 0 amide bonds. The predicted octanol–water partition coefficient (Wildman–Crippen LogP) is 3.05. The maximum Gasteiger partial charge on any atom is 0.338 e. The van der Waals surface area contributed by atoms with Gasteiger partial charge in [-0.1, -0.05) is 44.2 Å². The van der Waals surface area contributed by atoms with Crippen LogP contribution < -0.4 is 0 Å². The summed E-state index contributed by atoms with van der Waals surface area (Å²) >= 11 is 0. The number of rotatable bonds is 3. The van der Waals surface area contributed by atoms with Gasteiger partial charge in [0.05, 0.1) is 18.8 Å². The van der Waals surface area contributed by atoms with E-state index in [-0.39, 0.29) is 29.5 Å². The van der Waals surface area contributed by atoms with E-state index in [0.29, 0.717) is 12.0 Å². The summed E-state index contributed by atoms with van der Waals surface area (Å²) in [4.78, 5) is 40.7. The van der Waals surface area contributed by atoms with Crippen LogP contribution in [-0.4, -0.2) is 42.1 Å². The number of hydrogen-bond acceptors (Lipinski definition) is 6. The molecular weight excluding hydrogens is 408 g/mol. The average molecular weight is 439 g/mol. The third-order valence-corrected chi connectivity index (χ3v) is 8.77. The Bertz CT molecular complexity index is 970. The van der Waals surface area contributed by atoms with Crippen LogP contribution in [0, 0.1) is 46.8 Å². The Balaban J connectivity index is 1.65. The smallest absolute Gasteiger partial charge is 0.338 e. The number of ketones is 1. The molecular formula is C26H30O6. The largest absolute Gasteiger partial charge is 0.468 e. The molecule has 3 saturated carbocycles. The number of carbonyl (C=O) groups excluding carboxylic acids is 3. The fourth-order valence-electron chi connectivity index (χ4n) is 7.51. The lowest BCUT2D eigenvalue weighted by Gasteiger charge is -2.56. The molecule has 5 rings (SSSR count). The summed E-state index contributed by atoms with van der Waals surface area (Å²) in [6, 6.07) is 8.81. The molecule has 1 aromatic rings. The Hall–Kier alpha value is -2.47. The number of ether oxygens (including phenoxy) is 2. The van der Waals surface area contributed by atoms with Gasteiger partial charge >= 0.3 is 11.9 Å². The van der Waals surface area contributed by atoms with Crippen LogP contribution in [0.15, 0.2) is 42.5 Å². The zero-order valence-corrected chi connectivity index (χ0v) is 18.6. The van der Waals surface area contributed by atoms with Crippen LogP contribution in [0.1, 0.15) is 37.0 Å². The molecule has 32 heavy (non-hydrogen) atoms. The molecule has 0 heterocycles. The fourth-order valence-corrected chi connectivity index (χ4v) is 7.51. The molecule has 6 nitrogen and oxygen atoms in total. The molecule has 4 aliphatic carbocycles. The van der Waals surface area contributed by atoms with Crippen molar-refractivity contribution in [2.75, 3.05) is 7.11 Å². The Morgan fingerprint density at radius 3 is 2.50 bits per heavy atom. The molecule has 0 saturated heterocycles. The van der Waals surface area contributed by atoms with Gasteiger partial charge in [-0.15, -0.1) is 0 Å². The number of fused-ring (bicyclic) bond motifs is 6. The van der Waals surface area contributed by atoms with Crippen molar-refractivity contribution in [3.05, 3.63) is 48.0 Å². The molecule has 10 atom stereocenters. The maximum absolute atomic E-state index is 14.2. The van der Waals surface area contributed by atoms with Crippen molar-refractivity contribution in [1.29, 1.82) is 0 Å². The van der Waals surface area contributed by atoms with E-state index in [1.165, 1.54) is 7.11 Å². The number of hydrogen-bond donors (Lipinski definition) is 1. The van der Waals surface area contributed by atoms with Crippen molar-refractivity contribution < 1.29 is 29.0 Å². The molecule has 0 aromatic heterocycles. The number of carbonyl (C=O) groups is 3. The van der Waals surface area contributed by atoms with Crippen LogP contribution in [0.3, 0.4) is 0 Å². The standard InChI is InChI=1S/C26H30O6/c1-13-9-10-14(2)26(25(30)31-3)21(13)22(32-24(29)15-7-5-4-6-8-15)19-16-11-17(18(27)12-16)20(19)23(26)28/h4-10,13-14,16-22,27H,11-12H2,1-3H3/t13?,14?,16-,17+,18+,19?,20?,21-,22?,26-/m0/s1. The predicted molar refractivity (Wildman–Crippen MR) is 115 cm³/mol. The number of aliphatic hydroxyl groups excluding tert-OH is 1. The van der Waals surface area contributed by atoms with Crippen molar-refractivity contribution in [1.82, 2.24) is 0 Å². The maximum atomic E-state index is 14.2. The van der Waals surface area contributed by atoms with Gasteiger partial charge in [0.15, 0.2) is 5.78 Å². The van der Waals surface area contributed by atoms with Gasteiger partial charge in [0.1, 0.15) is 11.5 Å². The highest BCUT2D eigenvalue weighted by Crippen LogP contribution is 2.65. The number of benzene rings is 1. The molecule has 0 radical (unpaired) electrons. The molecule has 0 aliphatic heterocycles. The number of aliphatic hydroxyl groups is 1. The number of allylic oxidation sites excluding steroid dienone is 2. The van der Waals surface area contributed by atoms with Gasteiger partial charge in [-0.25, -0.2) is 4.79 Å². The van der Waals surface area contributed by atoms with Gasteiger partial charge in [0.2, 0.25) is 0 Å².